The van der Waals surface area contributed by atoms with Crippen molar-refractivity contribution in [3.05, 3.63) is 64.6 Å². The molecule has 2 aromatic heterocycles. The SMILES string of the molecule is CC[C@@H](Nc1nc(Nc2cccc(-c3ccccn3)c2)c(C(N)=O)c(=O)[nH]1)C(N)=O. The van der Waals surface area contributed by atoms with Crippen LogP contribution < -0.4 is 27.7 Å². The third-order valence-corrected chi connectivity index (χ3v) is 4.31. The topological polar surface area (TPSA) is 169 Å². The predicted octanol–water partition coefficient (Wildman–Crippen LogP) is 1.35. The highest BCUT2D eigenvalue weighted by atomic mass is 16.2. The Hall–Kier alpha value is -4.21. The van der Waals surface area contributed by atoms with Gasteiger partial charge in [-0.05, 0) is 30.7 Å². The molecular weight excluding hydrogens is 386 g/mol. The van der Waals surface area contributed by atoms with Gasteiger partial charge in [0.25, 0.3) is 11.5 Å². The highest BCUT2D eigenvalue weighted by Crippen LogP contribution is 2.23. The van der Waals surface area contributed by atoms with E-state index in [1.54, 1.807) is 31.3 Å². The van der Waals surface area contributed by atoms with E-state index in [9.17, 15) is 14.4 Å². The molecule has 0 bridgehead atoms. The minimum absolute atomic E-state index is 0.0148. The van der Waals surface area contributed by atoms with Gasteiger partial charge in [0.1, 0.15) is 11.6 Å². The number of hydrogen-bond donors (Lipinski definition) is 5. The van der Waals surface area contributed by atoms with Crippen molar-refractivity contribution in [3.8, 4) is 11.3 Å². The lowest BCUT2D eigenvalue weighted by Crippen LogP contribution is -2.36. The fraction of sp³-hybridized carbons (Fsp3) is 0.150. The van der Waals surface area contributed by atoms with Crippen LogP contribution in [0.3, 0.4) is 0 Å². The monoisotopic (exact) mass is 407 g/mol. The second-order valence-electron chi connectivity index (χ2n) is 6.43. The van der Waals surface area contributed by atoms with Crippen LogP contribution in [0.1, 0.15) is 23.7 Å². The number of primary amides is 2. The number of pyridine rings is 1. The number of aromatic nitrogens is 3. The lowest BCUT2D eigenvalue weighted by atomic mass is 10.1. The standard InChI is InChI=1S/C20H21N7O3/c1-2-13(16(21)28)25-20-26-18(15(17(22)29)19(30)27-20)24-12-7-5-6-11(10-12)14-8-3-4-9-23-14/h3-10,13H,2H2,1H3,(H2,21,28)(H2,22,29)(H3,24,25,26,27,30)/t13-/m1/s1. The van der Waals surface area contributed by atoms with E-state index < -0.39 is 23.4 Å². The largest absolute Gasteiger partial charge is 0.368 e. The van der Waals surface area contributed by atoms with E-state index in [4.69, 9.17) is 11.5 Å². The fourth-order valence-corrected chi connectivity index (χ4v) is 2.83. The smallest absolute Gasteiger partial charge is 0.267 e. The molecule has 0 fully saturated rings. The molecule has 10 heteroatoms. The number of aromatic amines is 1. The number of amides is 2. The molecule has 7 N–H and O–H groups in total. The molecule has 1 aromatic carbocycles. The molecule has 2 heterocycles. The van der Waals surface area contributed by atoms with Gasteiger partial charge in [-0.2, -0.15) is 4.98 Å². The van der Waals surface area contributed by atoms with E-state index in [0.717, 1.165) is 11.3 Å². The zero-order valence-corrected chi connectivity index (χ0v) is 16.2. The second kappa shape index (κ2) is 8.86. The lowest BCUT2D eigenvalue weighted by Gasteiger charge is -2.16. The summed E-state index contributed by atoms with van der Waals surface area (Å²) in [6, 6.07) is 12.0. The Kier molecular flexibility index (Phi) is 6.06. The van der Waals surface area contributed by atoms with Crippen LogP contribution in [0.4, 0.5) is 17.5 Å². The van der Waals surface area contributed by atoms with Gasteiger partial charge in [-0.1, -0.05) is 25.1 Å². The molecule has 0 aliphatic rings. The van der Waals surface area contributed by atoms with Crippen molar-refractivity contribution in [1.82, 2.24) is 15.0 Å². The van der Waals surface area contributed by atoms with Crippen molar-refractivity contribution in [3.63, 3.8) is 0 Å². The third kappa shape index (κ3) is 4.61. The Labute approximate surface area is 171 Å². The third-order valence-electron chi connectivity index (χ3n) is 4.31. The summed E-state index contributed by atoms with van der Waals surface area (Å²) in [7, 11) is 0. The molecule has 0 radical (unpaired) electrons. The Bertz CT molecular complexity index is 1130. The molecule has 2 amide bonds. The summed E-state index contributed by atoms with van der Waals surface area (Å²) in [4.78, 5) is 46.7. The summed E-state index contributed by atoms with van der Waals surface area (Å²) >= 11 is 0. The van der Waals surface area contributed by atoms with Crippen molar-refractivity contribution < 1.29 is 9.59 Å². The summed E-state index contributed by atoms with van der Waals surface area (Å²) in [5.41, 5.74) is 11.8. The molecule has 0 aliphatic carbocycles. The average molecular weight is 407 g/mol. The van der Waals surface area contributed by atoms with Gasteiger partial charge in [0, 0.05) is 17.4 Å². The van der Waals surface area contributed by atoms with Gasteiger partial charge in [-0.15, -0.1) is 0 Å². The maximum absolute atomic E-state index is 12.4. The average Bonchev–Trinajstić information content (AvgIpc) is 2.72. The summed E-state index contributed by atoms with van der Waals surface area (Å²) in [5.74, 6) is -1.61. The minimum atomic E-state index is -0.944. The van der Waals surface area contributed by atoms with Crippen molar-refractivity contribution in [2.24, 2.45) is 11.5 Å². The molecular formula is C20H21N7O3. The predicted molar refractivity (Wildman–Crippen MR) is 113 cm³/mol. The van der Waals surface area contributed by atoms with Gasteiger partial charge in [0.2, 0.25) is 11.9 Å². The maximum Gasteiger partial charge on any atom is 0.267 e. The first-order valence-corrected chi connectivity index (χ1v) is 9.17. The van der Waals surface area contributed by atoms with E-state index in [0.29, 0.717) is 12.1 Å². The van der Waals surface area contributed by atoms with E-state index in [1.165, 1.54) is 0 Å². The van der Waals surface area contributed by atoms with Crippen LogP contribution in [0, 0.1) is 0 Å². The molecule has 10 nitrogen and oxygen atoms in total. The Morgan fingerprint density at radius 1 is 1.17 bits per heavy atom. The molecule has 0 saturated heterocycles. The lowest BCUT2D eigenvalue weighted by molar-refractivity contribution is -0.118. The second-order valence-corrected chi connectivity index (χ2v) is 6.43. The molecule has 0 unspecified atom stereocenters. The zero-order chi connectivity index (χ0) is 21.7. The Morgan fingerprint density at radius 3 is 2.60 bits per heavy atom. The highest BCUT2D eigenvalue weighted by Gasteiger charge is 2.20. The molecule has 1 atom stereocenters. The minimum Gasteiger partial charge on any atom is -0.368 e. The number of H-pyrrole nitrogens is 1. The number of nitrogens with zero attached hydrogens (tertiary/aromatic N) is 2. The quantitative estimate of drug-likeness (QED) is 0.375. The van der Waals surface area contributed by atoms with E-state index in [2.05, 4.69) is 25.6 Å². The Balaban J connectivity index is 1.99. The number of anilines is 3. The van der Waals surface area contributed by atoms with Crippen LogP contribution in [0.5, 0.6) is 0 Å². The van der Waals surface area contributed by atoms with Crippen LogP contribution in [-0.2, 0) is 4.79 Å². The maximum atomic E-state index is 12.4. The van der Waals surface area contributed by atoms with E-state index >= 15 is 0 Å². The van der Waals surface area contributed by atoms with Gasteiger partial charge >= 0.3 is 0 Å². The number of carbonyl (C=O) groups excluding carboxylic acids is 2. The number of rotatable bonds is 8. The number of carbonyl (C=O) groups is 2. The molecule has 3 rings (SSSR count). The van der Waals surface area contributed by atoms with Gasteiger partial charge < -0.3 is 22.1 Å². The molecule has 3 aromatic rings. The summed E-state index contributed by atoms with van der Waals surface area (Å²) < 4.78 is 0. The van der Waals surface area contributed by atoms with E-state index in [-0.39, 0.29) is 17.3 Å². The van der Waals surface area contributed by atoms with Crippen molar-refractivity contribution in [2.45, 2.75) is 19.4 Å². The molecule has 30 heavy (non-hydrogen) atoms. The molecule has 0 spiro atoms. The fourth-order valence-electron chi connectivity index (χ4n) is 2.83. The summed E-state index contributed by atoms with van der Waals surface area (Å²) in [6.07, 6.45) is 2.06. The highest BCUT2D eigenvalue weighted by molar-refractivity contribution is 5.98. The normalized spacial score (nSPS) is 11.5. The summed E-state index contributed by atoms with van der Waals surface area (Å²) in [6.45, 7) is 1.75. The van der Waals surface area contributed by atoms with E-state index in [1.807, 2.05) is 24.3 Å². The molecule has 154 valence electrons. The van der Waals surface area contributed by atoms with Crippen LogP contribution in [-0.4, -0.2) is 32.8 Å². The van der Waals surface area contributed by atoms with Crippen molar-refractivity contribution in [1.29, 1.82) is 0 Å². The number of hydrogen-bond acceptors (Lipinski definition) is 7. The Morgan fingerprint density at radius 2 is 1.97 bits per heavy atom. The van der Waals surface area contributed by atoms with Crippen LogP contribution >= 0.6 is 0 Å². The van der Waals surface area contributed by atoms with Gasteiger partial charge in [0.15, 0.2) is 5.82 Å². The van der Waals surface area contributed by atoms with Gasteiger partial charge in [0.05, 0.1) is 5.69 Å². The number of nitrogens with one attached hydrogen (secondary N) is 3. The van der Waals surface area contributed by atoms with Crippen LogP contribution in [0.2, 0.25) is 0 Å². The number of nitrogens with two attached hydrogens (primary N) is 2. The van der Waals surface area contributed by atoms with Gasteiger partial charge in [-0.25, -0.2) is 0 Å². The number of benzene rings is 1. The molecule has 0 aliphatic heterocycles. The first-order valence-electron chi connectivity index (χ1n) is 9.17. The van der Waals surface area contributed by atoms with Gasteiger partial charge in [-0.3, -0.25) is 24.4 Å². The summed E-state index contributed by atoms with van der Waals surface area (Å²) in [5, 5.41) is 5.71. The molecule has 0 saturated carbocycles. The van der Waals surface area contributed by atoms with Crippen molar-refractivity contribution >= 4 is 29.3 Å². The first-order chi connectivity index (χ1) is 14.4. The zero-order valence-electron chi connectivity index (χ0n) is 16.2. The van der Waals surface area contributed by atoms with Crippen LogP contribution in [0.25, 0.3) is 11.3 Å². The first kappa shape index (κ1) is 20.5. The van der Waals surface area contributed by atoms with Crippen LogP contribution in [0.15, 0.2) is 53.5 Å². The van der Waals surface area contributed by atoms with Crippen molar-refractivity contribution in [2.75, 3.05) is 10.6 Å².